The number of rotatable bonds is 9. The molecule has 0 spiro atoms. The van der Waals surface area contributed by atoms with Gasteiger partial charge in [-0.1, -0.05) is 11.3 Å². The van der Waals surface area contributed by atoms with E-state index < -0.39 is 0 Å². The van der Waals surface area contributed by atoms with Gasteiger partial charge < -0.3 is 23.7 Å². The Balaban J connectivity index is 1.62. The number of thiazole rings is 1. The van der Waals surface area contributed by atoms with E-state index in [1.165, 1.54) is 15.9 Å². The first-order valence-corrected chi connectivity index (χ1v) is 11.2. The number of aromatic nitrogens is 3. The summed E-state index contributed by atoms with van der Waals surface area (Å²) in [4.78, 5) is 18.0. The topological polar surface area (TPSA) is 93.4 Å². The minimum absolute atomic E-state index is 0.230. The molecule has 0 aliphatic rings. The van der Waals surface area contributed by atoms with Crippen molar-refractivity contribution in [1.82, 2.24) is 14.6 Å². The first kappa shape index (κ1) is 23.4. The zero-order valence-corrected chi connectivity index (χ0v) is 20.4. The second kappa shape index (κ2) is 10.0. The van der Waals surface area contributed by atoms with Crippen molar-refractivity contribution in [3.8, 4) is 28.7 Å². The first-order chi connectivity index (χ1) is 16.5. The number of ether oxygens (including phenoxy) is 5. The summed E-state index contributed by atoms with van der Waals surface area (Å²) in [6.07, 6.45) is 2.97. The molecule has 2 heterocycles. The molecule has 34 heavy (non-hydrogen) atoms. The van der Waals surface area contributed by atoms with E-state index in [-0.39, 0.29) is 5.56 Å². The van der Waals surface area contributed by atoms with Crippen LogP contribution in [0.4, 0.5) is 0 Å². The molecule has 2 aromatic heterocycles. The predicted molar refractivity (Wildman–Crippen MR) is 129 cm³/mol. The molecule has 0 unspecified atom stereocenters. The highest BCUT2D eigenvalue weighted by atomic mass is 32.1. The standard InChI is InChI=1S/C24H25N3O6S/c1-29-16-7-8-17(30-2)15(13-16)6-9-21-25-24-27(26-21)23(28)20(34-24)12-14-10-18(31-3)22(33-5)19(11-14)32-4/h7-8,10-13H,6,9H2,1-5H3/b20-12-. The van der Waals surface area contributed by atoms with E-state index >= 15 is 0 Å². The van der Waals surface area contributed by atoms with E-state index in [9.17, 15) is 4.79 Å². The maximum atomic E-state index is 13.0. The summed E-state index contributed by atoms with van der Waals surface area (Å²) in [5.41, 5.74) is 1.49. The number of fused-ring (bicyclic) bond motifs is 1. The van der Waals surface area contributed by atoms with Gasteiger partial charge in [-0.2, -0.15) is 4.52 Å². The minimum atomic E-state index is -0.230. The summed E-state index contributed by atoms with van der Waals surface area (Å²) < 4.78 is 28.7. The third kappa shape index (κ3) is 4.49. The summed E-state index contributed by atoms with van der Waals surface area (Å²) in [6.45, 7) is 0. The first-order valence-electron chi connectivity index (χ1n) is 10.4. The molecule has 0 saturated heterocycles. The van der Waals surface area contributed by atoms with Crippen molar-refractivity contribution in [2.75, 3.05) is 35.5 Å². The third-order valence-corrected chi connectivity index (χ3v) is 6.28. The van der Waals surface area contributed by atoms with Gasteiger partial charge >= 0.3 is 0 Å². The molecule has 9 nitrogen and oxygen atoms in total. The Morgan fingerprint density at radius 2 is 1.59 bits per heavy atom. The quantitative estimate of drug-likeness (QED) is 0.359. The summed E-state index contributed by atoms with van der Waals surface area (Å²) in [6, 6.07) is 9.21. The molecule has 0 saturated carbocycles. The third-order valence-electron chi connectivity index (χ3n) is 5.32. The fourth-order valence-corrected chi connectivity index (χ4v) is 4.57. The van der Waals surface area contributed by atoms with Gasteiger partial charge in [0.25, 0.3) is 5.56 Å². The van der Waals surface area contributed by atoms with E-state index in [0.717, 1.165) is 22.6 Å². The molecule has 178 valence electrons. The molecular formula is C24H25N3O6S. The molecule has 0 radical (unpaired) electrons. The Hall–Kier alpha value is -3.79. The van der Waals surface area contributed by atoms with Crippen LogP contribution in [0.3, 0.4) is 0 Å². The smallest absolute Gasteiger partial charge is 0.291 e. The molecule has 4 aromatic rings. The number of hydrogen-bond donors (Lipinski definition) is 0. The van der Waals surface area contributed by atoms with Crippen LogP contribution >= 0.6 is 11.3 Å². The van der Waals surface area contributed by atoms with Crippen molar-refractivity contribution in [1.29, 1.82) is 0 Å². The highest BCUT2D eigenvalue weighted by Crippen LogP contribution is 2.38. The summed E-state index contributed by atoms with van der Waals surface area (Å²) in [5.74, 6) is 3.62. The van der Waals surface area contributed by atoms with Crippen LogP contribution in [-0.4, -0.2) is 50.1 Å². The van der Waals surface area contributed by atoms with Crippen molar-refractivity contribution >= 4 is 22.4 Å². The molecule has 10 heteroatoms. The zero-order valence-electron chi connectivity index (χ0n) is 19.6. The Morgan fingerprint density at radius 1 is 0.882 bits per heavy atom. The molecule has 0 fully saturated rings. The van der Waals surface area contributed by atoms with Crippen LogP contribution in [0.1, 0.15) is 17.0 Å². The lowest BCUT2D eigenvalue weighted by Gasteiger charge is -2.12. The van der Waals surface area contributed by atoms with Crippen LogP contribution in [0.15, 0.2) is 35.1 Å². The SMILES string of the molecule is COc1ccc(OC)c(CCc2nc3s/c(=C\c4cc(OC)c(OC)c(OC)c4)c(=O)n3n2)c1. The van der Waals surface area contributed by atoms with Gasteiger partial charge in [0.1, 0.15) is 11.5 Å². The Bertz CT molecular complexity index is 1400. The molecule has 0 aliphatic heterocycles. The zero-order chi connectivity index (χ0) is 24.2. The van der Waals surface area contributed by atoms with E-state index in [1.54, 1.807) is 53.8 Å². The summed E-state index contributed by atoms with van der Waals surface area (Å²) in [5, 5.41) is 4.42. The fraction of sp³-hybridized carbons (Fsp3) is 0.292. The average molecular weight is 484 g/mol. The Labute approximate surface area is 200 Å². The van der Waals surface area contributed by atoms with Crippen LogP contribution in [0, 0.1) is 0 Å². The highest BCUT2D eigenvalue weighted by molar-refractivity contribution is 7.15. The molecule has 0 aliphatic carbocycles. The maximum absolute atomic E-state index is 13.0. The lowest BCUT2D eigenvalue weighted by atomic mass is 10.1. The van der Waals surface area contributed by atoms with Gasteiger partial charge in [0.05, 0.1) is 40.1 Å². The molecule has 0 amide bonds. The average Bonchev–Trinajstić information content (AvgIpc) is 3.39. The monoisotopic (exact) mass is 483 g/mol. The molecular weight excluding hydrogens is 458 g/mol. The van der Waals surface area contributed by atoms with Crippen LogP contribution < -0.4 is 33.8 Å². The van der Waals surface area contributed by atoms with Gasteiger partial charge in [0.2, 0.25) is 10.7 Å². The number of nitrogens with zero attached hydrogens (tertiary/aromatic N) is 3. The molecule has 4 rings (SSSR count). The van der Waals surface area contributed by atoms with Gasteiger partial charge in [0.15, 0.2) is 17.3 Å². The molecule has 0 N–H and O–H groups in total. The van der Waals surface area contributed by atoms with Gasteiger partial charge in [0, 0.05) is 6.42 Å². The van der Waals surface area contributed by atoms with Gasteiger partial charge in [-0.25, -0.2) is 4.98 Å². The predicted octanol–water partition coefficient (Wildman–Crippen LogP) is 2.53. The summed E-state index contributed by atoms with van der Waals surface area (Å²) >= 11 is 1.28. The largest absolute Gasteiger partial charge is 0.497 e. The van der Waals surface area contributed by atoms with Gasteiger partial charge in [-0.05, 0) is 54.0 Å². The highest BCUT2D eigenvalue weighted by Gasteiger charge is 2.15. The second-order valence-electron chi connectivity index (χ2n) is 7.27. The molecule has 0 atom stereocenters. The fourth-order valence-electron chi connectivity index (χ4n) is 3.64. The van der Waals surface area contributed by atoms with Crippen LogP contribution in [0.25, 0.3) is 11.0 Å². The van der Waals surface area contributed by atoms with Crippen LogP contribution in [0.5, 0.6) is 28.7 Å². The molecule has 0 bridgehead atoms. The van der Waals surface area contributed by atoms with Crippen molar-refractivity contribution < 1.29 is 23.7 Å². The maximum Gasteiger partial charge on any atom is 0.291 e. The lowest BCUT2D eigenvalue weighted by Crippen LogP contribution is -2.23. The Kier molecular flexibility index (Phi) is 6.87. The lowest BCUT2D eigenvalue weighted by molar-refractivity contribution is 0.324. The van der Waals surface area contributed by atoms with E-state index in [2.05, 4.69) is 10.1 Å². The minimum Gasteiger partial charge on any atom is -0.497 e. The van der Waals surface area contributed by atoms with Crippen molar-refractivity contribution in [2.24, 2.45) is 0 Å². The summed E-state index contributed by atoms with van der Waals surface area (Å²) in [7, 11) is 7.89. The number of hydrogen-bond acceptors (Lipinski definition) is 9. The second-order valence-corrected chi connectivity index (χ2v) is 8.28. The van der Waals surface area contributed by atoms with Crippen LogP contribution in [0.2, 0.25) is 0 Å². The Morgan fingerprint density at radius 3 is 2.18 bits per heavy atom. The van der Waals surface area contributed by atoms with E-state index in [1.807, 2.05) is 18.2 Å². The van der Waals surface area contributed by atoms with Crippen LogP contribution in [-0.2, 0) is 12.8 Å². The van der Waals surface area contributed by atoms with Gasteiger partial charge in [-0.15, -0.1) is 5.10 Å². The van der Waals surface area contributed by atoms with E-state index in [0.29, 0.717) is 45.4 Å². The number of benzene rings is 2. The number of methoxy groups -OCH3 is 5. The van der Waals surface area contributed by atoms with Crippen molar-refractivity contribution in [3.63, 3.8) is 0 Å². The normalized spacial score (nSPS) is 11.6. The van der Waals surface area contributed by atoms with Crippen molar-refractivity contribution in [3.05, 3.63) is 62.2 Å². The van der Waals surface area contributed by atoms with E-state index in [4.69, 9.17) is 23.7 Å². The number of aryl methyl sites for hydroxylation is 2. The van der Waals surface area contributed by atoms with Gasteiger partial charge in [-0.3, -0.25) is 4.79 Å². The van der Waals surface area contributed by atoms with Crippen molar-refractivity contribution in [2.45, 2.75) is 12.8 Å². The molecule has 2 aromatic carbocycles.